The predicted molar refractivity (Wildman–Crippen MR) is 99.8 cm³/mol. The Balaban J connectivity index is 1.66. The van der Waals surface area contributed by atoms with E-state index in [2.05, 4.69) is 20.4 Å². The Labute approximate surface area is 158 Å². The number of piperazine rings is 1. The molecule has 7 nitrogen and oxygen atoms in total. The minimum absolute atomic E-state index is 0.244. The first-order chi connectivity index (χ1) is 13.0. The molecule has 3 rings (SSSR count). The monoisotopic (exact) mass is 376 g/mol. The van der Waals surface area contributed by atoms with Gasteiger partial charge in [0.1, 0.15) is 5.82 Å². The van der Waals surface area contributed by atoms with E-state index in [1.807, 2.05) is 0 Å². The van der Waals surface area contributed by atoms with Gasteiger partial charge in [-0.15, -0.1) is 0 Å². The van der Waals surface area contributed by atoms with Crippen molar-refractivity contribution in [2.24, 2.45) is 0 Å². The molecule has 1 unspecified atom stereocenters. The van der Waals surface area contributed by atoms with Gasteiger partial charge in [0, 0.05) is 44.1 Å². The SMILES string of the molecule is CCOC(=O)C1=C(CN2CCN(c3ccc(F)cc3)CC2)NC(=O)NC1C. The molecule has 27 heavy (non-hydrogen) atoms. The van der Waals surface area contributed by atoms with Crippen LogP contribution in [0, 0.1) is 5.82 Å². The molecule has 0 spiro atoms. The number of carbonyl (C=O) groups excluding carboxylic acids is 2. The zero-order valence-corrected chi connectivity index (χ0v) is 15.6. The fraction of sp³-hybridized carbons (Fsp3) is 0.474. The van der Waals surface area contributed by atoms with E-state index in [9.17, 15) is 14.0 Å². The van der Waals surface area contributed by atoms with Gasteiger partial charge in [0.25, 0.3) is 0 Å². The summed E-state index contributed by atoms with van der Waals surface area (Å²) >= 11 is 0. The topological polar surface area (TPSA) is 73.9 Å². The Hall–Kier alpha value is -2.61. The van der Waals surface area contributed by atoms with Gasteiger partial charge in [-0.3, -0.25) is 4.90 Å². The fourth-order valence-electron chi connectivity index (χ4n) is 3.44. The van der Waals surface area contributed by atoms with Crippen LogP contribution in [0.4, 0.5) is 14.9 Å². The van der Waals surface area contributed by atoms with Crippen molar-refractivity contribution < 1.29 is 18.7 Å². The quantitative estimate of drug-likeness (QED) is 0.762. The number of urea groups is 1. The maximum absolute atomic E-state index is 13.1. The van der Waals surface area contributed by atoms with Gasteiger partial charge in [0.05, 0.1) is 18.2 Å². The van der Waals surface area contributed by atoms with E-state index in [1.54, 1.807) is 26.0 Å². The van der Waals surface area contributed by atoms with Crippen molar-refractivity contribution in [1.29, 1.82) is 0 Å². The molecule has 2 heterocycles. The highest BCUT2D eigenvalue weighted by Gasteiger charge is 2.31. The summed E-state index contributed by atoms with van der Waals surface area (Å²) in [7, 11) is 0. The highest BCUT2D eigenvalue weighted by molar-refractivity contribution is 5.94. The van der Waals surface area contributed by atoms with Gasteiger partial charge in [0.15, 0.2) is 0 Å². The lowest BCUT2D eigenvalue weighted by molar-refractivity contribution is -0.139. The summed E-state index contributed by atoms with van der Waals surface area (Å²) in [5, 5.41) is 5.47. The van der Waals surface area contributed by atoms with Gasteiger partial charge in [-0.05, 0) is 38.1 Å². The van der Waals surface area contributed by atoms with Gasteiger partial charge in [-0.25, -0.2) is 14.0 Å². The fourth-order valence-corrected chi connectivity index (χ4v) is 3.44. The molecule has 2 N–H and O–H groups in total. The Morgan fingerprint density at radius 1 is 1.22 bits per heavy atom. The molecule has 0 saturated carbocycles. The predicted octanol–water partition coefficient (Wildman–Crippen LogP) is 1.47. The van der Waals surface area contributed by atoms with E-state index in [1.165, 1.54) is 12.1 Å². The molecule has 0 aromatic heterocycles. The number of halogens is 1. The number of amides is 2. The summed E-state index contributed by atoms with van der Waals surface area (Å²) in [6.07, 6.45) is 0. The Morgan fingerprint density at radius 2 is 1.89 bits per heavy atom. The first-order valence-electron chi connectivity index (χ1n) is 9.18. The number of anilines is 1. The lowest BCUT2D eigenvalue weighted by atomic mass is 10.0. The number of carbonyl (C=O) groups is 2. The molecule has 2 aliphatic heterocycles. The van der Waals surface area contributed by atoms with Crippen LogP contribution in [0.25, 0.3) is 0 Å². The molecule has 0 aliphatic carbocycles. The second-order valence-corrected chi connectivity index (χ2v) is 6.67. The number of rotatable bonds is 5. The van der Waals surface area contributed by atoms with Gasteiger partial charge >= 0.3 is 12.0 Å². The molecule has 1 aromatic carbocycles. The zero-order valence-electron chi connectivity index (χ0n) is 15.6. The van der Waals surface area contributed by atoms with Gasteiger partial charge in [-0.1, -0.05) is 0 Å². The summed E-state index contributed by atoms with van der Waals surface area (Å²) in [5.74, 6) is -0.649. The third kappa shape index (κ3) is 4.57. The molecule has 0 bridgehead atoms. The molecule has 1 aromatic rings. The van der Waals surface area contributed by atoms with Crippen LogP contribution in [0.15, 0.2) is 35.5 Å². The Kier molecular flexibility index (Phi) is 5.95. The molecule has 8 heteroatoms. The Bertz CT molecular complexity index is 727. The van der Waals surface area contributed by atoms with Gasteiger partial charge < -0.3 is 20.3 Å². The van der Waals surface area contributed by atoms with Crippen LogP contribution >= 0.6 is 0 Å². The first-order valence-corrected chi connectivity index (χ1v) is 9.18. The van der Waals surface area contributed by atoms with Crippen molar-refractivity contribution in [3.63, 3.8) is 0 Å². The summed E-state index contributed by atoms with van der Waals surface area (Å²) in [6.45, 7) is 7.41. The number of nitrogens with one attached hydrogen (secondary N) is 2. The number of esters is 1. The van der Waals surface area contributed by atoms with Crippen molar-refractivity contribution >= 4 is 17.7 Å². The molecule has 1 atom stereocenters. The minimum atomic E-state index is -0.405. The van der Waals surface area contributed by atoms with E-state index >= 15 is 0 Å². The summed E-state index contributed by atoms with van der Waals surface area (Å²) in [6, 6.07) is 5.78. The zero-order chi connectivity index (χ0) is 19.4. The van der Waals surface area contributed by atoms with Crippen LogP contribution in [0.3, 0.4) is 0 Å². The van der Waals surface area contributed by atoms with Crippen molar-refractivity contribution in [2.45, 2.75) is 19.9 Å². The number of ether oxygens (including phenoxy) is 1. The van der Waals surface area contributed by atoms with E-state index in [0.29, 0.717) is 17.8 Å². The summed E-state index contributed by atoms with van der Waals surface area (Å²) in [4.78, 5) is 28.5. The van der Waals surface area contributed by atoms with Crippen molar-refractivity contribution in [2.75, 3.05) is 44.2 Å². The second-order valence-electron chi connectivity index (χ2n) is 6.67. The van der Waals surface area contributed by atoms with Gasteiger partial charge in [0.2, 0.25) is 0 Å². The number of benzene rings is 1. The molecule has 146 valence electrons. The van der Waals surface area contributed by atoms with Crippen LogP contribution < -0.4 is 15.5 Å². The van der Waals surface area contributed by atoms with Crippen LogP contribution in [0.5, 0.6) is 0 Å². The van der Waals surface area contributed by atoms with Crippen LogP contribution in [0.1, 0.15) is 13.8 Å². The minimum Gasteiger partial charge on any atom is -0.463 e. The lowest BCUT2D eigenvalue weighted by Gasteiger charge is -2.37. The highest BCUT2D eigenvalue weighted by atomic mass is 19.1. The van der Waals surface area contributed by atoms with E-state index in [-0.39, 0.29) is 18.5 Å². The highest BCUT2D eigenvalue weighted by Crippen LogP contribution is 2.19. The van der Waals surface area contributed by atoms with Gasteiger partial charge in [-0.2, -0.15) is 0 Å². The van der Waals surface area contributed by atoms with Crippen molar-refractivity contribution in [1.82, 2.24) is 15.5 Å². The standard InChI is InChI=1S/C19H25FN4O3/c1-3-27-18(25)17-13(2)21-19(26)22-16(17)12-23-8-10-24(11-9-23)15-6-4-14(20)5-7-15/h4-7,13H,3,8-12H2,1-2H3,(H2,21,22,26). The third-order valence-electron chi connectivity index (χ3n) is 4.81. The molecule has 2 aliphatic rings. The van der Waals surface area contributed by atoms with E-state index < -0.39 is 12.0 Å². The summed E-state index contributed by atoms with van der Waals surface area (Å²) in [5.41, 5.74) is 2.06. The summed E-state index contributed by atoms with van der Waals surface area (Å²) < 4.78 is 18.2. The Morgan fingerprint density at radius 3 is 2.52 bits per heavy atom. The molecule has 2 amide bonds. The lowest BCUT2D eigenvalue weighted by Crippen LogP contribution is -2.53. The normalized spacial score (nSPS) is 20.9. The average Bonchev–Trinajstić information content (AvgIpc) is 2.63. The maximum atomic E-state index is 13.1. The second kappa shape index (κ2) is 8.39. The average molecular weight is 376 g/mol. The molecular formula is C19H25FN4O3. The molecular weight excluding hydrogens is 351 g/mol. The van der Waals surface area contributed by atoms with Crippen LogP contribution in [0.2, 0.25) is 0 Å². The van der Waals surface area contributed by atoms with E-state index in [4.69, 9.17) is 4.74 Å². The molecule has 1 fully saturated rings. The number of hydrogen-bond donors (Lipinski definition) is 2. The molecule has 0 radical (unpaired) electrons. The maximum Gasteiger partial charge on any atom is 0.337 e. The van der Waals surface area contributed by atoms with Crippen LogP contribution in [-0.4, -0.2) is 62.3 Å². The number of hydrogen-bond acceptors (Lipinski definition) is 5. The van der Waals surface area contributed by atoms with Crippen molar-refractivity contribution in [3.8, 4) is 0 Å². The molecule has 1 saturated heterocycles. The van der Waals surface area contributed by atoms with Crippen LogP contribution in [-0.2, 0) is 9.53 Å². The first kappa shape index (κ1) is 19.2. The largest absolute Gasteiger partial charge is 0.463 e. The van der Waals surface area contributed by atoms with E-state index in [0.717, 1.165) is 31.9 Å². The smallest absolute Gasteiger partial charge is 0.337 e. The third-order valence-corrected chi connectivity index (χ3v) is 4.81. The van der Waals surface area contributed by atoms with Crippen molar-refractivity contribution in [3.05, 3.63) is 41.4 Å². The number of nitrogens with zero attached hydrogens (tertiary/aromatic N) is 2.